The molecule has 0 saturated carbocycles. The number of nitrogens with one attached hydrogen (secondary N) is 1. The number of methoxy groups -OCH3 is 1. The fourth-order valence-corrected chi connectivity index (χ4v) is 2.94. The highest BCUT2D eigenvalue weighted by Crippen LogP contribution is 2.27. The first-order chi connectivity index (χ1) is 13.0. The molecular formula is C22H22N2O3. The topological polar surface area (TPSA) is 71.5 Å². The van der Waals surface area contributed by atoms with E-state index in [1.165, 1.54) is 18.2 Å². The Kier molecular flexibility index (Phi) is 5.71. The third-order valence-corrected chi connectivity index (χ3v) is 4.28. The van der Waals surface area contributed by atoms with Crippen LogP contribution in [0.1, 0.15) is 16.7 Å². The molecule has 5 heteroatoms. The molecular weight excluding hydrogens is 340 g/mol. The Morgan fingerprint density at radius 1 is 1.11 bits per heavy atom. The van der Waals surface area contributed by atoms with Crippen LogP contribution in [0.4, 0.5) is 5.82 Å². The van der Waals surface area contributed by atoms with Gasteiger partial charge in [-0.05, 0) is 42.3 Å². The zero-order valence-corrected chi connectivity index (χ0v) is 15.4. The normalized spacial score (nSPS) is 10.4. The molecule has 0 unspecified atom stereocenters. The van der Waals surface area contributed by atoms with Crippen LogP contribution < -0.4 is 10.1 Å². The van der Waals surface area contributed by atoms with Gasteiger partial charge in [-0.25, -0.2) is 4.98 Å². The summed E-state index contributed by atoms with van der Waals surface area (Å²) in [6.07, 6.45) is 1.70. The molecule has 5 nitrogen and oxygen atoms in total. The minimum absolute atomic E-state index is 0.0828. The Morgan fingerprint density at radius 3 is 2.59 bits per heavy atom. The van der Waals surface area contributed by atoms with Crippen LogP contribution >= 0.6 is 0 Å². The van der Waals surface area contributed by atoms with E-state index in [1.807, 2.05) is 30.3 Å². The molecule has 1 aromatic heterocycles. The van der Waals surface area contributed by atoms with Crippen LogP contribution in [0.5, 0.6) is 5.75 Å². The predicted molar refractivity (Wildman–Crippen MR) is 106 cm³/mol. The Balaban J connectivity index is 1.74. The number of aliphatic carboxylic acids is 1. The van der Waals surface area contributed by atoms with Gasteiger partial charge in [-0.1, -0.05) is 35.9 Å². The van der Waals surface area contributed by atoms with Crippen molar-refractivity contribution in [2.45, 2.75) is 19.9 Å². The van der Waals surface area contributed by atoms with Crippen molar-refractivity contribution >= 4 is 11.8 Å². The first-order valence-electron chi connectivity index (χ1n) is 8.69. The summed E-state index contributed by atoms with van der Waals surface area (Å²) >= 11 is 0. The third kappa shape index (κ3) is 4.85. The number of pyridine rings is 1. The van der Waals surface area contributed by atoms with E-state index < -0.39 is 5.97 Å². The third-order valence-electron chi connectivity index (χ3n) is 4.28. The molecule has 0 amide bonds. The van der Waals surface area contributed by atoms with Gasteiger partial charge in [-0.15, -0.1) is 0 Å². The van der Waals surface area contributed by atoms with Gasteiger partial charge in [-0.2, -0.15) is 0 Å². The summed E-state index contributed by atoms with van der Waals surface area (Å²) in [5.74, 6) is 0.476. The van der Waals surface area contributed by atoms with Gasteiger partial charge >= 0.3 is 5.97 Å². The molecule has 0 saturated heterocycles. The highest BCUT2D eigenvalue weighted by Gasteiger charge is 2.10. The molecule has 0 aliphatic heterocycles. The molecule has 0 aliphatic rings. The van der Waals surface area contributed by atoms with E-state index >= 15 is 0 Å². The summed E-state index contributed by atoms with van der Waals surface area (Å²) in [4.78, 5) is 15.5. The monoisotopic (exact) mass is 362 g/mol. The smallest absolute Gasteiger partial charge is 0.307 e. The van der Waals surface area contributed by atoms with Crippen molar-refractivity contribution in [1.82, 2.24) is 4.98 Å². The van der Waals surface area contributed by atoms with Crippen molar-refractivity contribution in [2.75, 3.05) is 12.4 Å². The van der Waals surface area contributed by atoms with E-state index in [-0.39, 0.29) is 6.42 Å². The largest absolute Gasteiger partial charge is 0.496 e. The lowest BCUT2D eigenvalue weighted by molar-refractivity contribution is -0.136. The fourth-order valence-electron chi connectivity index (χ4n) is 2.94. The maximum absolute atomic E-state index is 11.1. The number of ether oxygens (including phenoxy) is 1. The van der Waals surface area contributed by atoms with Crippen LogP contribution in [-0.2, 0) is 17.8 Å². The molecule has 2 N–H and O–H groups in total. The Bertz CT molecular complexity index is 937. The number of rotatable bonds is 7. The maximum atomic E-state index is 11.1. The maximum Gasteiger partial charge on any atom is 0.307 e. The van der Waals surface area contributed by atoms with E-state index in [1.54, 1.807) is 12.3 Å². The number of hydrogen-bond donors (Lipinski definition) is 2. The van der Waals surface area contributed by atoms with E-state index in [0.29, 0.717) is 17.9 Å². The zero-order valence-electron chi connectivity index (χ0n) is 15.4. The van der Waals surface area contributed by atoms with Crippen molar-refractivity contribution in [2.24, 2.45) is 0 Å². The molecule has 0 aliphatic carbocycles. The molecule has 0 atom stereocenters. The summed E-state index contributed by atoms with van der Waals surface area (Å²) < 4.78 is 5.25. The van der Waals surface area contributed by atoms with Gasteiger partial charge in [0.1, 0.15) is 11.6 Å². The van der Waals surface area contributed by atoms with Crippen molar-refractivity contribution < 1.29 is 14.6 Å². The van der Waals surface area contributed by atoms with Gasteiger partial charge in [0.25, 0.3) is 0 Å². The Hall–Kier alpha value is -3.34. The number of carboxylic acid groups (broad SMARTS) is 1. The molecule has 0 radical (unpaired) electrons. The molecule has 0 bridgehead atoms. The van der Waals surface area contributed by atoms with Gasteiger partial charge in [0, 0.05) is 23.9 Å². The zero-order chi connectivity index (χ0) is 19.2. The van der Waals surface area contributed by atoms with E-state index in [0.717, 1.165) is 16.9 Å². The molecule has 27 heavy (non-hydrogen) atoms. The number of carboxylic acids is 1. The second-order valence-corrected chi connectivity index (χ2v) is 6.37. The Morgan fingerprint density at radius 2 is 1.93 bits per heavy atom. The van der Waals surface area contributed by atoms with E-state index in [9.17, 15) is 4.79 Å². The van der Waals surface area contributed by atoms with E-state index in [2.05, 4.69) is 35.4 Å². The number of hydrogen-bond acceptors (Lipinski definition) is 4. The minimum atomic E-state index is -0.890. The highest BCUT2D eigenvalue weighted by atomic mass is 16.5. The van der Waals surface area contributed by atoms with Crippen LogP contribution in [0.3, 0.4) is 0 Å². The molecule has 0 fully saturated rings. The summed E-state index contributed by atoms with van der Waals surface area (Å²) in [6, 6.07) is 17.8. The van der Waals surface area contributed by atoms with Crippen LogP contribution in [0, 0.1) is 6.92 Å². The van der Waals surface area contributed by atoms with Gasteiger partial charge in [0.05, 0.1) is 13.5 Å². The molecule has 3 aromatic rings. The van der Waals surface area contributed by atoms with Gasteiger partial charge in [-0.3, -0.25) is 4.79 Å². The lowest BCUT2D eigenvalue weighted by Crippen LogP contribution is -2.03. The summed E-state index contributed by atoms with van der Waals surface area (Å²) in [5.41, 5.74) is 4.91. The second kappa shape index (κ2) is 8.36. The van der Waals surface area contributed by atoms with Crippen molar-refractivity contribution in [3.63, 3.8) is 0 Å². The van der Waals surface area contributed by atoms with Crippen molar-refractivity contribution in [3.05, 3.63) is 77.5 Å². The summed E-state index contributed by atoms with van der Waals surface area (Å²) in [7, 11) is 1.54. The number of nitrogens with zero attached hydrogens (tertiary/aromatic N) is 1. The van der Waals surface area contributed by atoms with Crippen molar-refractivity contribution in [1.29, 1.82) is 0 Å². The predicted octanol–water partition coefficient (Wildman–Crippen LogP) is 4.30. The number of aromatic nitrogens is 1. The molecule has 138 valence electrons. The average molecular weight is 362 g/mol. The fraction of sp³-hybridized carbons (Fsp3) is 0.182. The van der Waals surface area contributed by atoms with Crippen molar-refractivity contribution in [3.8, 4) is 16.9 Å². The summed E-state index contributed by atoms with van der Waals surface area (Å²) in [6.45, 7) is 2.78. The first-order valence-corrected chi connectivity index (χ1v) is 8.69. The molecule has 3 rings (SSSR count). The molecule has 0 spiro atoms. The van der Waals surface area contributed by atoms with Crippen LogP contribution in [0.2, 0.25) is 0 Å². The van der Waals surface area contributed by atoms with Gasteiger partial charge in [0.15, 0.2) is 0 Å². The molecule has 1 heterocycles. The van der Waals surface area contributed by atoms with Gasteiger partial charge in [0.2, 0.25) is 0 Å². The number of anilines is 1. The lowest BCUT2D eigenvalue weighted by atomic mass is 10.0. The van der Waals surface area contributed by atoms with Crippen LogP contribution in [-0.4, -0.2) is 23.2 Å². The van der Waals surface area contributed by atoms with E-state index in [4.69, 9.17) is 9.84 Å². The van der Waals surface area contributed by atoms with Gasteiger partial charge < -0.3 is 15.2 Å². The molecule has 2 aromatic carbocycles. The quantitative estimate of drug-likeness (QED) is 0.655. The van der Waals surface area contributed by atoms with Crippen LogP contribution in [0.25, 0.3) is 11.1 Å². The summed E-state index contributed by atoms with van der Waals surface area (Å²) in [5, 5.41) is 12.4. The average Bonchev–Trinajstić information content (AvgIpc) is 2.66. The van der Waals surface area contributed by atoms with Crippen LogP contribution in [0.15, 0.2) is 60.8 Å². The standard InChI is InChI=1S/C22H22N2O3/c1-15-4-3-5-16(10-15)13-23-21-9-7-18(14-24-21)17-6-8-20(27-2)19(11-17)12-22(25)26/h3-11,14H,12-13H2,1-2H3,(H,23,24)(H,25,26). The number of carbonyl (C=O) groups is 1. The SMILES string of the molecule is COc1ccc(-c2ccc(NCc3cccc(C)c3)nc2)cc1CC(=O)O. The second-order valence-electron chi connectivity index (χ2n) is 6.37. The number of benzene rings is 2. The minimum Gasteiger partial charge on any atom is -0.496 e. The lowest BCUT2D eigenvalue weighted by Gasteiger charge is -2.10. The Labute approximate surface area is 158 Å². The first kappa shape index (κ1) is 18.5. The number of aryl methyl sites for hydroxylation is 1. The highest BCUT2D eigenvalue weighted by molar-refractivity contribution is 5.74.